The minimum atomic E-state index is -0.770. The lowest BCUT2D eigenvalue weighted by Crippen LogP contribution is -2.41. The monoisotopic (exact) mass is 430 g/mol. The molecule has 2 fully saturated rings. The van der Waals surface area contributed by atoms with Gasteiger partial charge in [-0.2, -0.15) is 0 Å². The average Bonchev–Trinajstić information content (AvgIpc) is 2.79. The number of hydrogen-bond acceptors (Lipinski definition) is 6. The van der Waals surface area contributed by atoms with Gasteiger partial charge in [-0.15, -0.1) is 0 Å². The van der Waals surface area contributed by atoms with Crippen LogP contribution in [0.1, 0.15) is 43.0 Å². The van der Waals surface area contributed by atoms with Gasteiger partial charge in [-0.1, -0.05) is 5.57 Å². The summed E-state index contributed by atoms with van der Waals surface area (Å²) in [7, 11) is 0. The smallest absolute Gasteiger partial charge is 0.434 e. The highest BCUT2D eigenvalue weighted by molar-refractivity contribution is 5.94. The van der Waals surface area contributed by atoms with E-state index >= 15 is 0 Å². The van der Waals surface area contributed by atoms with Crippen molar-refractivity contribution in [3.8, 4) is 5.75 Å². The maximum absolute atomic E-state index is 12.5. The number of nitrogens with one attached hydrogen (secondary N) is 1. The van der Waals surface area contributed by atoms with Crippen molar-refractivity contribution in [1.82, 2.24) is 10.2 Å². The molecule has 0 bridgehead atoms. The summed E-state index contributed by atoms with van der Waals surface area (Å²) in [5.74, 6) is 0.577. The average molecular weight is 431 g/mol. The van der Waals surface area contributed by atoms with E-state index in [0.717, 1.165) is 25.7 Å². The molecular formula is C23H30N2O6. The molecule has 1 aromatic rings. The van der Waals surface area contributed by atoms with E-state index in [-0.39, 0.29) is 18.4 Å². The fourth-order valence-electron chi connectivity index (χ4n) is 3.66. The predicted molar refractivity (Wildman–Crippen MR) is 114 cm³/mol. The predicted octanol–water partition coefficient (Wildman–Crippen LogP) is 2.93. The molecule has 0 aliphatic carbocycles. The van der Waals surface area contributed by atoms with Gasteiger partial charge in [0.15, 0.2) is 0 Å². The molecule has 3 rings (SSSR count). The highest BCUT2D eigenvalue weighted by Gasteiger charge is 2.23. The van der Waals surface area contributed by atoms with Crippen molar-refractivity contribution in [1.29, 1.82) is 0 Å². The number of likely N-dealkylation sites (tertiary alicyclic amines) is 1. The summed E-state index contributed by atoms with van der Waals surface area (Å²) in [5.41, 5.74) is 1.66. The largest absolute Gasteiger partial charge is 0.513 e. The lowest BCUT2D eigenvalue weighted by atomic mass is 9.96. The third-order valence-electron chi connectivity index (χ3n) is 5.52. The van der Waals surface area contributed by atoms with Gasteiger partial charge in [0.2, 0.25) is 5.91 Å². The van der Waals surface area contributed by atoms with Crippen molar-refractivity contribution >= 4 is 18.0 Å². The highest BCUT2D eigenvalue weighted by Crippen LogP contribution is 2.19. The Bertz CT molecular complexity index is 789. The van der Waals surface area contributed by atoms with Gasteiger partial charge in [-0.05, 0) is 62.8 Å². The summed E-state index contributed by atoms with van der Waals surface area (Å²) in [6, 6.07) is 6.33. The molecule has 8 heteroatoms. The normalized spacial score (nSPS) is 17.1. The minimum Gasteiger partial charge on any atom is -0.434 e. The number of carbonyl (C=O) groups is 3. The Kier molecular flexibility index (Phi) is 8.46. The van der Waals surface area contributed by atoms with Crippen molar-refractivity contribution in [3.63, 3.8) is 0 Å². The molecule has 0 aromatic heterocycles. The van der Waals surface area contributed by atoms with Crippen LogP contribution in [0.4, 0.5) is 4.79 Å². The number of hydrogen-bond donors (Lipinski definition) is 1. The van der Waals surface area contributed by atoms with Gasteiger partial charge in [0.25, 0.3) is 5.91 Å². The van der Waals surface area contributed by atoms with E-state index in [1.807, 2.05) is 4.90 Å². The maximum Gasteiger partial charge on any atom is 0.513 e. The molecule has 31 heavy (non-hydrogen) atoms. The SMILES string of the molecule is CCOC(=O)Oc1ccc(C(=O)NCC2CCN(C(=O)C=C3CCOCC3)CC2)cc1. The van der Waals surface area contributed by atoms with Gasteiger partial charge < -0.3 is 24.4 Å². The fraction of sp³-hybridized carbons (Fsp3) is 0.522. The number of benzene rings is 1. The molecule has 0 atom stereocenters. The highest BCUT2D eigenvalue weighted by atomic mass is 16.7. The molecule has 8 nitrogen and oxygen atoms in total. The molecule has 168 valence electrons. The van der Waals surface area contributed by atoms with Crippen LogP contribution in [0.3, 0.4) is 0 Å². The molecule has 1 aromatic carbocycles. The van der Waals surface area contributed by atoms with Gasteiger partial charge in [0, 0.05) is 31.3 Å². The molecule has 2 saturated heterocycles. The molecular weight excluding hydrogens is 400 g/mol. The van der Waals surface area contributed by atoms with Gasteiger partial charge in [-0.3, -0.25) is 9.59 Å². The van der Waals surface area contributed by atoms with E-state index in [0.29, 0.717) is 50.1 Å². The van der Waals surface area contributed by atoms with E-state index in [1.54, 1.807) is 37.3 Å². The topological polar surface area (TPSA) is 94.2 Å². The van der Waals surface area contributed by atoms with Crippen molar-refractivity contribution in [2.45, 2.75) is 32.6 Å². The molecule has 0 unspecified atom stereocenters. The third kappa shape index (κ3) is 7.10. The Morgan fingerprint density at radius 2 is 1.81 bits per heavy atom. The molecule has 2 aliphatic rings. The lowest BCUT2D eigenvalue weighted by molar-refractivity contribution is -0.127. The standard InChI is InChI=1S/C23H30N2O6/c1-2-30-23(28)31-20-5-3-19(4-6-20)22(27)24-16-18-7-11-25(12-8-18)21(26)15-17-9-13-29-14-10-17/h3-6,15,18H,2,7-14,16H2,1H3,(H,24,27). The Labute approximate surface area is 182 Å². The molecule has 1 N–H and O–H groups in total. The summed E-state index contributed by atoms with van der Waals surface area (Å²) in [4.78, 5) is 38.1. The van der Waals surface area contributed by atoms with E-state index in [2.05, 4.69) is 5.32 Å². The number of amides is 2. The summed E-state index contributed by atoms with van der Waals surface area (Å²) in [6.07, 6.45) is 4.41. The van der Waals surface area contributed by atoms with Crippen molar-refractivity contribution in [2.24, 2.45) is 5.92 Å². The van der Waals surface area contributed by atoms with Crippen LogP contribution in [0, 0.1) is 5.92 Å². The van der Waals surface area contributed by atoms with Gasteiger partial charge >= 0.3 is 6.16 Å². The van der Waals surface area contributed by atoms with Crippen molar-refractivity contribution in [2.75, 3.05) is 39.5 Å². The quantitative estimate of drug-likeness (QED) is 0.424. The first-order valence-electron chi connectivity index (χ1n) is 10.8. The van der Waals surface area contributed by atoms with Gasteiger partial charge in [0.1, 0.15) is 5.75 Å². The van der Waals surface area contributed by atoms with Crippen LogP contribution in [-0.2, 0) is 14.3 Å². The van der Waals surface area contributed by atoms with Gasteiger partial charge in [-0.25, -0.2) is 4.79 Å². The minimum absolute atomic E-state index is 0.0875. The summed E-state index contributed by atoms with van der Waals surface area (Å²) in [6.45, 7) is 5.31. The molecule has 2 heterocycles. The molecule has 0 spiro atoms. The Morgan fingerprint density at radius 1 is 1.13 bits per heavy atom. The van der Waals surface area contributed by atoms with Crippen LogP contribution in [0.5, 0.6) is 5.75 Å². The second kappa shape index (κ2) is 11.5. The maximum atomic E-state index is 12.5. The van der Waals surface area contributed by atoms with Crippen molar-refractivity contribution < 1.29 is 28.6 Å². The van der Waals surface area contributed by atoms with E-state index < -0.39 is 6.16 Å². The van der Waals surface area contributed by atoms with Crippen LogP contribution in [-0.4, -0.2) is 62.3 Å². The molecule has 2 aliphatic heterocycles. The Balaban J connectivity index is 1.39. The van der Waals surface area contributed by atoms with Crippen LogP contribution in [0.2, 0.25) is 0 Å². The van der Waals surface area contributed by atoms with Crippen LogP contribution in [0.15, 0.2) is 35.9 Å². The number of piperidine rings is 1. The zero-order valence-electron chi connectivity index (χ0n) is 17.9. The molecule has 0 saturated carbocycles. The first kappa shape index (κ1) is 22.8. The van der Waals surface area contributed by atoms with E-state index in [1.165, 1.54) is 5.57 Å². The Hall–Kier alpha value is -2.87. The van der Waals surface area contributed by atoms with E-state index in [9.17, 15) is 14.4 Å². The van der Waals surface area contributed by atoms with Crippen LogP contribution in [0.25, 0.3) is 0 Å². The van der Waals surface area contributed by atoms with Crippen LogP contribution >= 0.6 is 0 Å². The van der Waals surface area contributed by atoms with Gasteiger partial charge in [0.05, 0.1) is 19.8 Å². The summed E-state index contributed by atoms with van der Waals surface area (Å²) >= 11 is 0. The second-order valence-electron chi connectivity index (χ2n) is 7.70. The summed E-state index contributed by atoms with van der Waals surface area (Å²) in [5, 5.41) is 2.96. The number of nitrogens with zero attached hydrogens (tertiary/aromatic N) is 1. The van der Waals surface area contributed by atoms with E-state index in [4.69, 9.17) is 14.2 Å². The van der Waals surface area contributed by atoms with Crippen LogP contribution < -0.4 is 10.1 Å². The number of ether oxygens (including phenoxy) is 3. The molecule has 0 radical (unpaired) electrons. The zero-order chi connectivity index (χ0) is 22.1. The fourth-order valence-corrected chi connectivity index (χ4v) is 3.66. The second-order valence-corrected chi connectivity index (χ2v) is 7.70. The van der Waals surface area contributed by atoms with Crippen molar-refractivity contribution in [3.05, 3.63) is 41.5 Å². The number of rotatable bonds is 6. The zero-order valence-corrected chi connectivity index (χ0v) is 17.9. The first-order valence-corrected chi connectivity index (χ1v) is 10.8. The number of carbonyl (C=O) groups excluding carboxylic acids is 3. The Morgan fingerprint density at radius 3 is 2.45 bits per heavy atom. The third-order valence-corrected chi connectivity index (χ3v) is 5.52. The lowest BCUT2D eigenvalue weighted by Gasteiger charge is -2.31. The first-order chi connectivity index (χ1) is 15.0. The summed E-state index contributed by atoms with van der Waals surface area (Å²) < 4.78 is 15.0. The molecule has 2 amide bonds.